The first-order valence-electron chi connectivity index (χ1n) is 14.2. The minimum atomic E-state index is 0.572. The van der Waals surface area contributed by atoms with Crippen LogP contribution in [0.5, 0.6) is 0 Å². The van der Waals surface area contributed by atoms with E-state index in [1.54, 1.807) is 0 Å². The molecule has 0 saturated carbocycles. The van der Waals surface area contributed by atoms with Gasteiger partial charge < -0.3 is 4.42 Å². The van der Waals surface area contributed by atoms with Gasteiger partial charge in [0.05, 0.1) is 0 Å². The maximum Gasteiger partial charge on any atom is 0.227 e. The van der Waals surface area contributed by atoms with E-state index in [1.165, 1.54) is 0 Å². The van der Waals surface area contributed by atoms with Crippen LogP contribution in [0.2, 0.25) is 0 Å². The lowest BCUT2D eigenvalue weighted by Crippen LogP contribution is -2.01. The average Bonchev–Trinajstić information content (AvgIpc) is 3.53. The molecule has 0 aliphatic heterocycles. The molecule has 0 bridgehead atoms. The molecule has 0 N–H and O–H groups in total. The molecule has 0 radical (unpaired) electrons. The molecule has 0 aliphatic carbocycles. The van der Waals surface area contributed by atoms with E-state index in [0.29, 0.717) is 23.4 Å². The quantitative estimate of drug-likeness (QED) is 0.213. The maximum absolute atomic E-state index is 6.31. The largest absolute Gasteiger partial charge is 0.436 e. The Hall–Kier alpha value is -5.94. The molecule has 0 spiro atoms. The fourth-order valence-corrected chi connectivity index (χ4v) is 5.55. The van der Waals surface area contributed by atoms with Gasteiger partial charge in [0, 0.05) is 27.8 Å². The zero-order valence-corrected chi connectivity index (χ0v) is 23.1. The summed E-state index contributed by atoms with van der Waals surface area (Å²) in [4.78, 5) is 19.9. The van der Waals surface area contributed by atoms with E-state index in [4.69, 9.17) is 24.4 Å². The number of hydrogen-bond donors (Lipinski definition) is 0. The van der Waals surface area contributed by atoms with Crippen LogP contribution in [-0.4, -0.2) is 19.9 Å². The molecule has 202 valence electrons. The number of rotatable bonds is 5. The molecule has 0 fully saturated rings. The molecule has 8 aromatic rings. The molecule has 8 rings (SSSR count). The van der Waals surface area contributed by atoms with Gasteiger partial charge in [-0.3, -0.25) is 0 Å². The lowest BCUT2D eigenvalue weighted by Gasteiger charge is -2.16. The van der Waals surface area contributed by atoms with Crippen LogP contribution in [0.3, 0.4) is 0 Å². The molecule has 0 aliphatic rings. The highest BCUT2D eigenvalue weighted by molar-refractivity contribution is 6.06. The highest BCUT2D eigenvalue weighted by Crippen LogP contribution is 2.42. The van der Waals surface area contributed by atoms with Crippen LogP contribution < -0.4 is 0 Å². The van der Waals surface area contributed by atoms with Gasteiger partial charge >= 0.3 is 0 Å². The molecule has 2 aromatic heterocycles. The Labute approximate surface area is 248 Å². The average molecular weight is 553 g/mol. The predicted octanol–water partition coefficient (Wildman–Crippen LogP) is 9.50. The smallest absolute Gasteiger partial charge is 0.227 e. The predicted molar refractivity (Wildman–Crippen MR) is 172 cm³/mol. The molecule has 0 unspecified atom stereocenters. The van der Waals surface area contributed by atoms with Crippen molar-refractivity contribution in [3.05, 3.63) is 146 Å². The van der Waals surface area contributed by atoms with Crippen molar-refractivity contribution in [2.24, 2.45) is 0 Å². The van der Waals surface area contributed by atoms with Gasteiger partial charge in [-0.05, 0) is 34.5 Å². The molecule has 0 amide bonds. The zero-order valence-electron chi connectivity index (χ0n) is 23.1. The van der Waals surface area contributed by atoms with Crippen LogP contribution in [0, 0.1) is 0 Å². The summed E-state index contributed by atoms with van der Waals surface area (Å²) in [6.07, 6.45) is 0. The summed E-state index contributed by atoms with van der Waals surface area (Å²) >= 11 is 0. The van der Waals surface area contributed by atoms with Gasteiger partial charge in [0.15, 0.2) is 23.1 Å². The number of oxazole rings is 1. The van der Waals surface area contributed by atoms with E-state index in [9.17, 15) is 0 Å². The highest BCUT2D eigenvalue weighted by Gasteiger charge is 2.21. The number of benzene rings is 6. The van der Waals surface area contributed by atoms with Crippen molar-refractivity contribution in [2.45, 2.75) is 0 Å². The van der Waals surface area contributed by atoms with Crippen molar-refractivity contribution < 1.29 is 4.42 Å². The van der Waals surface area contributed by atoms with E-state index in [-0.39, 0.29) is 0 Å². The summed E-state index contributed by atoms with van der Waals surface area (Å²) in [7, 11) is 0. The van der Waals surface area contributed by atoms with E-state index in [0.717, 1.165) is 55.3 Å². The second kappa shape index (κ2) is 10.5. The van der Waals surface area contributed by atoms with E-state index in [1.807, 2.05) is 97.1 Å². The Balaban J connectivity index is 1.40. The molecule has 5 nitrogen and oxygen atoms in total. The number of nitrogens with zero attached hydrogens (tertiary/aromatic N) is 4. The van der Waals surface area contributed by atoms with E-state index >= 15 is 0 Å². The third kappa shape index (κ3) is 4.53. The normalized spacial score (nSPS) is 11.3. The van der Waals surface area contributed by atoms with Gasteiger partial charge in [0.2, 0.25) is 5.89 Å². The van der Waals surface area contributed by atoms with Crippen LogP contribution in [0.15, 0.2) is 150 Å². The van der Waals surface area contributed by atoms with Crippen molar-refractivity contribution in [2.75, 3.05) is 0 Å². The van der Waals surface area contributed by atoms with Gasteiger partial charge in [-0.1, -0.05) is 127 Å². The second-order valence-corrected chi connectivity index (χ2v) is 10.3. The van der Waals surface area contributed by atoms with Crippen molar-refractivity contribution in [3.63, 3.8) is 0 Å². The Bertz CT molecular complexity index is 2150. The van der Waals surface area contributed by atoms with Gasteiger partial charge in [-0.25, -0.2) is 19.9 Å². The van der Waals surface area contributed by atoms with Crippen LogP contribution in [-0.2, 0) is 0 Å². The molecule has 0 atom stereocenters. The van der Waals surface area contributed by atoms with Crippen LogP contribution in [0.1, 0.15) is 0 Å². The zero-order chi connectivity index (χ0) is 28.6. The highest BCUT2D eigenvalue weighted by atomic mass is 16.3. The fraction of sp³-hybridized carbons (Fsp3) is 0. The summed E-state index contributed by atoms with van der Waals surface area (Å²) in [5.41, 5.74) is 7.24. The molecule has 6 aromatic carbocycles. The van der Waals surface area contributed by atoms with Crippen molar-refractivity contribution in [3.8, 4) is 56.7 Å². The first-order valence-corrected chi connectivity index (χ1v) is 14.2. The Morgan fingerprint density at radius 3 is 1.70 bits per heavy atom. The summed E-state index contributed by atoms with van der Waals surface area (Å²) in [6.45, 7) is 0. The Morgan fingerprint density at radius 1 is 0.395 bits per heavy atom. The summed E-state index contributed by atoms with van der Waals surface area (Å²) in [5, 5.41) is 2.22. The van der Waals surface area contributed by atoms with Crippen LogP contribution in [0.4, 0.5) is 0 Å². The van der Waals surface area contributed by atoms with E-state index in [2.05, 4.69) is 48.5 Å². The minimum absolute atomic E-state index is 0.572. The third-order valence-electron chi connectivity index (χ3n) is 7.59. The topological polar surface area (TPSA) is 64.7 Å². The standard InChI is InChI=1S/C38H24N4O/c1-3-14-26(15-4-1)35-40-36(27-16-5-2-6-17-27)42-37(41-35)30-20-10-9-19-29(30)34-28-18-8-7-13-25(28)23-24-31(34)38-39-32-21-11-12-22-33(32)43-38/h1-24H. The summed E-state index contributed by atoms with van der Waals surface area (Å²) in [5.74, 6) is 2.41. The third-order valence-corrected chi connectivity index (χ3v) is 7.59. The lowest BCUT2D eigenvalue weighted by molar-refractivity contribution is 0.620. The minimum Gasteiger partial charge on any atom is -0.436 e. The SMILES string of the molecule is c1ccc(-c2nc(-c3ccccc3)nc(-c3ccccc3-c3c(-c4nc5ccccc5o4)ccc4ccccc34)n2)cc1. The van der Waals surface area contributed by atoms with Crippen LogP contribution >= 0.6 is 0 Å². The number of para-hydroxylation sites is 2. The first kappa shape index (κ1) is 24.8. The maximum atomic E-state index is 6.31. The van der Waals surface area contributed by atoms with Crippen LogP contribution in [0.25, 0.3) is 78.6 Å². The second-order valence-electron chi connectivity index (χ2n) is 10.3. The van der Waals surface area contributed by atoms with Crippen molar-refractivity contribution in [1.82, 2.24) is 19.9 Å². The van der Waals surface area contributed by atoms with E-state index < -0.39 is 0 Å². The van der Waals surface area contributed by atoms with Gasteiger partial charge in [0.25, 0.3) is 0 Å². The van der Waals surface area contributed by atoms with Crippen molar-refractivity contribution >= 4 is 21.9 Å². The van der Waals surface area contributed by atoms with Gasteiger partial charge in [0.1, 0.15) is 5.52 Å². The molecular formula is C38H24N4O. The Morgan fingerprint density at radius 2 is 0.977 bits per heavy atom. The summed E-state index contributed by atoms with van der Waals surface area (Å²) in [6, 6.07) is 48.8. The molecule has 0 saturated heterocycles. The van der Waals surface area contributed by atoms with Crippen molar-refractivity contribution in [1.29, 1.82) is 0 Å². The lowest BCUT2D eigenvalue weighted by atomic mass is 9.90. The Kier molecular flexibility index (Phi) is 6.05. The number of hydrogen-bond acceptors (Lipinski definition) is 5. The fourth-order valence-electron chi connectivity index (χ4n) is 5.55. The molecule has 5 heteroatoms. The monoisotopic (exact) mass is 552 g/mol. The summed E-state index contributed by atoms with van der Waals surface area (Å²) < 4.78 is 6.31. The first-order chi connectivity index (χ1) is 21.3. The molecule has 43 heavy (non-hydrogen) atoms. The van der Waals surface area contributed by atoms with Gasteiger partial charge in [-0.15, -0.1) is 0 Å². The number of fused-ring (bicyclic) bond motifs is 2. The molecular weight excluding hydrogens is 528 g/mol. The van der Waals surface area contributed by atoms with Gasteiger partial charge in [-0.2, -0.15) is 0 Å². The number of aromatic nitrogens is 4. The molecule has 2 heterocycles.